The highest BCUT2D eigenvalue weighted by Gasteiger charge is 2.24. The van der Waals surface area contributed by atoms with E-state index < -0.39 is 0 Å². The summed E-state index contributed by atoms with van der Waals surface area (Å²) in [6.07, 6.45) is 1.98. The number of hydrogen-bond donors (Lipinski definition) is 0. The van der Waals surface area contributed by atoms with E-state index in [0.717, 1.165) is 12.8 Å². The second-order valence-electron chi connectivity index (χ2n) is 5.73. The van der Waals surface area contributed by atoms with E-state index >= 15 is 0 Å². The van der Waals surface area contributed by atoms with Gasteiger partial charge in [0.1, 0.15) is 0 Å². The van der Waals surface area contributed by atoms with Crippen molar-refractivity contribution in [3.8, 4) is 0 Å². The first kappa shape index (κ1) is 17.0. The highest BCUT2D eigenvalue weighted by molar-refractivity contribution is 7.99. The Hall–Kier alpha value is -1.86. The van der Waals surface area contributed by atoms with Crippen molar-refractivity contribution >= 4 is 17.7 Å². The van der Waals surface area contributed by atoms with E-state index in [4.69, 9.17) is 9.15 Å². The standard InChI is InChI=1S/C17H21N3O3S/c1-13-18-19-17(23-13)24-12-16(21)20-9-10-22-15(11-20)8-7-14-5-3-2-4-6-14/h2-6,15H,7-12H2,1H3/t15-/m0/s1. The molecule has 0 saturated carbocycles. The van der Waals surface area contributed by atoms with E-state index in [1.165, 1.54) is 17.3 Å². The average molecular weight is 347 g/mol. The maximum absolute atomic E-state index is 12.4. The van der Waals surface area contributed by atoms with E-state index in [1.807, 2.05) is 23.1 Å². The van der Waals surface area contributed by atoms with Gasteiger partial charge in [-0.05, 0) is 18.4 Å². The number of morpholine rings is 1. The lowest BCUT2D eigenvalue weighted by Gasteiger charge is -2.33. The minimum atomic E-state index is 0.0869. The number of aryl methyl sites for hydroxylation is 2. The topological polar surface area (TPSA) is 68.5 Å². The summed E-state index contributed by atoms with van der Waals surface area (Å²) in [5.41, 5.74) is 1.30. The summed E-state index contributed by atoms with van der Waals surface area (Å²) in [6, 6.07) is 10.3. The number of aromatic nitrogens is 2. The van der Waals surface area contributed by atoms with Gasteiger partial charge < -0.3 is 14.1 Å². The van der Waals surface area contributed by atoms with Crippen molar-refractivity contribution in [3.05, 3.63) is 41.8 Å². The van der Waals surface area contributed by atoms with Gasteiger partial charge in [-0.3, -0.25) is 4.79 Å². The van der Waals surface area contributed by atoms with Crippen LogP contribution in [0.15, 0.2) is 40.0 Å². The molecular formula is C17H21N3O3S. The van der Waals surface area contributed by atoms with E-state index in [9.17, 15) is 4.79 Å². The van der Waals surface area contributed by atoms with Crippen LogP contribution in [0.2, 0.25) is 0 Å². The zero-order valence-corrected chi connectivity index (χ0v) is 14.5. The quantitative estimate of drug-likeness (QED) is 0.747. The number of thioether (sulfide) groups is 1. The van der Waals surface area contributed by atoms with E-state index in [0.29, 0.717) is 36.6 Å². The number of amides is 1. The van der Waals surface area contributed by atoms with Crippen molar-refractivity contribution in [1.82, 2.24) is 15.1 Å². The van der Waals surface area contributed by atoms with Crippen LogP contribution in [0, 0.1) is 6.92 Å². The summed E-state index contributed by atoms with van der Waals surface area (Å²) in [4.78, 5) is 14.2. The first-order valence-electron chi connectivity index (χ1n) is 8.07. The largest absolute Gasteiger partial charge is 0.416 e. The third-order valence-electron chi connectivity index (χ3n) is 3.92. The highest BCUT2D eigenvalue weighted by atomic mass is 32.2. The second-order valence-corrected chi connectivity index (χ2v) is 6.66. The van der Waals surface area contributed by atoms with Crippen molar-refractivity contribution in [3.63, 3.8) is 0 Å². The van der Waals surface area contributed by atoms with Crippen LogP contribution in [0.25, 0.3) is 0 Å². The van der Waals surface area contributed by atoms with Crippen LogP contribution in [0.5, 0.6) is 0 Å². The van der Waals surface area contributed by atoms with Gasteiger partial charge in [-0.25, -0.2) is 0 Å². The molecule has 0 radical (unpaired) electrons. The van der Waals surface area contributed by atoms with Gasteiger partial charge in [0.25, 0.3) is 5.22 Å². The van der Waals surface area contributed by atoms with Gasteiger partial charge in [-0.2, -0.15) is 0 Å². The maximum atomic E-state index is 12.4. The molecule has 1 amide bonds. The normalized spacial score (nSPS) is 17.9. The van der Waals surface area contributed by atoms with Crippen LogP contribution in [-0.4, -0.2) is 52.6 Å². The molecule has 128 valence electrons. The molecule has 7 heteroatoms. The van der Waals surface area contributed by atoms with Crippen molar-refractivity contribution in [2.24, 2.45) is 0 Å². The molecule has 0 aliphatic carbocycles. The minimum Gasteiger partial charge on any atom is -0.416 e. The molecule has 1 aromatic carbocycles. The Balaban J connectivity index is 1.45. The lowest BCUT2D eigenvalue weighted by Crippen LogP contribution is -2.46. The molecule has 1 atom stereocenters. The SMILES string of the molecule is Cc1nnc(SCC(=O)N2CCO[C@@H](CCc3ccccc3)C2)o1. The molecule has 1 saturated heterocycles. The van der Waals surface area contributed by atoms with Crippen LogP contribution in [-0.2, 0) is 16.0 Å². The highest BCUT2D eigenvalue weighted by Crippen LogP contribution is 2.18. The predicted molar refractivity (Wildman–Crippen MR) is 90.8 cm³/mol. The Labute approximate surface area is 145 Å². The maximum Gasteiger partial charge on any atom is 0.277 e. The van der Waals surface area contributed by atoms with Gasteiger partial charge in [0.05, 0.1) is 18.5 Å². The first-order valence-corrected chi connectivity index (χ1v) is 9.05. The number of benzene rings is 1. The second kappa shape index (κ2) is 8.30. The van der Waals surface area contributed by atoms with Crippen LogP contribution >= 0.6 is 11.8 Å². The molecule has 0 bridgehead atoms. The zero-order chi connectivity index (χ0) is 16.8. The van der Waals surface area contributed by atoms with Crippen LogP contribution in [0.3, 0.4) is 0 Å². The molecule has 0 unspecified atom stereocenters. The summed E-state index contributed by atoms with van der Waals surface area (Å²) >= 11 is 1.28. The number of nitrogens with zero attached hydrogens (tertiary/aromatic N) is 3. The molecule has 0 N–H and O–H groups in total. The van der Waals surface area contributed by atoms with E-state index in [2.05, 4.69) is 22.3 Å². The summed E-state index contributed by atoms with van der Waals surface area (Å²) in [6.45, 7) is 3.62. The molecule has 2 heterocycles. The smallest absolute Gasteiger partial charge is 0.277 e. The van der Waals surface area contributed by atoms with Gasteiger partial charge in [0, 0.05) is 20.0 Å². The fourth-order valence-corrected chi connectivity index (χ4v) is 3.35. The van der Waals surface area contributed by atoms with E-state index in [1.54, 1.807) is 6.92 Å². The molecule has 24 heavy (non-hydrogen) atoms. The Morgan fingerprint density at radius 2 is 2.17 bits per heavy atom. The van der Waals surface area contributed by atoms with Crippen molar-refractivity contribution < 1.29 is 13.9 Å². The van der Waals surface area contributed by atoms with Crippen LogP contribution in [0.4, 0.5) is 0 Å². The van der Waals surface area contributed by atoms with Gasteiger partial charge in [0.15, 0.2) is 0 Å². The summed E-state index contributed by atoms with van der Waals surface area (Å²) in [5.74, 6) is 0.911. The molecular weight excluding hydrogens is 326 g/mol. The molecule has 2 aromatic rings. The lowest BCUT2D eigenvalue weighted by atomic mass is 10.1. The molecule has 1 aromatic heterocycles. The van der Waals surface area contributed by atoms with Crippen molar-refractivity contribution in [1.29, 1.82) is 0 Å². The molecule has 0 spiro atoms. The van der Waals surface area contributed by atoms with Gasteiger partial charge in [-0.1, -0.05) is 42.1 Å². The average Bonchev–Trinajstić information content (AvgIpc) is 3.04. The van der Waals surface area contributed by atoms with Crippen molar-refractivity contribution in [2.45, 2.75) is 31.1 Å². The van der Waals surface area contributed by atoms with Crippen LogP contribution < -0.4 is 0 Å². The third-order valence-corrected chi connectivity index (χ3v) is 4.72. The summed E-state index contributed by atoms with van der Waals surface area (Å²) in [5, 5.41) is 8.09. The molecule has 1 aliphatic rings. The molecule has 1 fully saturated rings. The fraction of sp³-hybridized carbons (Fsp3) is 0.471. The Bertz CT molecular complexity index is 662. The van der Waals surface area contributed by atoms with E-state index in [-0.39, 0.29) is 12.0 Å². The fourth-order valence-electron chi connectivity index (χ4n) is 2.64. The monoisotopic (exact) mass is 347 g/mol. The minimum absolute atomic E-state index is 0.0869. The number of rotatable bonds is 6. The number of carbonyl (C=O) groups is 1. The van der Waals surface area contributed by atoms with Crippen LogP contribution in [0.1, 0.15) is 17.9 Å². The molecule has 1 aliphatic heterocycles. The summed E-state index contributed by atoms with van der Waals surface area (Å²) in [7, 11) is 0. The number of carbonyl (C=O) groups excluding carboxylic acids is 1. The Morgan fingerprint density at radius 3 is 2.92 bits per heavy atom. The lowest BCUT2D eigenvalue weighted by molar-refractivity contribution is -0.136. The predicted octanol–water partition coefficient (Wildman–Crippen LogP) is 2.33. The van der Waals surface area contributed by atoms with Crippen molar-refractivity contribution in [2.75, 3.05) is 25.4 Å². The van der Waals surface area contributed by atoms with Gasteiger partial charge in [0.2, 0.25) is 11.8 Å². The molecule has 3 rings (SSSR count). The number of ether oxygens (including phenoxy) is 1. The third kappa shape index (κ3) is 4.82. The summed E-state index contributed by atoms with van der Waals surface area (Å²) < 4.78 is 11.1. The number of hydrogen-bond acceptors (Lipinski definition) is 6. The molecule has 6 nitrogen and oxygen atoms in total. The Kier molecular flexibility index (Phi) is 5.87. The van der Waals surface area contributed by atoms with Gasteiger partial charge >= 0.3 is 0 Å². The van der Waals surface area contributed by atoms with Gasteiger partial charge in [-0.15, -0.1) is 10.2 Å². The Morgan fingerprint density at radius 1 is 1.33 bits per heavy atom. The zero-order valence-electron chi connectivity index (χ0n) is 13.7. The first-order chi connectivity index (χ1) is 11.7.